The minimum absolute atomic E-state index is 0.320. The van der Waals surface area contributed by atoms with Crippen molar-refractivity contribution in [1.82, 2.24) is 0 Å². The fourth-order valence-electron chi connectivity index (χ4n) is 2.79. The highest BCUT2D eigenvalue weighted by Crippen LogP contribution is 2.36. The van der Waals surface area contributed by atoms with Crippen molar-refractivity contribution >= 4 is 0 Å². The summed E-state index contributed by atoms with van der Waals surface area (Å²) in [6, 6.07) is 22.5. The van der Waals surface area contributed by atoms with Crippen LogP contribution in [-0.4, -0.2) is 19.5 Å². The van der Waals surface area contributed by atoms with Gasteiger partial charge in [0.15, 0.2) is 6.29 Å². The third-order valence-electron chi connectivity index (χ3n) is 3.97. The molecule has 3 heteroatoms. The SMILES string of the molecule is N#C/C=C/C1OCC(c2ccccc2)(c2ccccc2)CO1. The number of allylic oxidation sites excluding steroid dienone is 1. The molecular weight excluding hydrogens is 274 g/mol. The van der Waals surface area contributed by atoms with E-state index in [2.05, 4.69) is 24.3 Å². The molecule has 3 rings (SSSR count). The molecule has 0 N–H and O–H groups in total. The largest absolute Gasteiger partial charge is 0.348 e. The van der Waals surface area contributed by atoms with Crippen LogP contribution in [-0.2, 0) is 14.9 Å². The van der Waals surface area contributed by atoms with Crippen LogP contribution in [0.5, 0.6) is 0 Å². The van der Waals surface area contributed by atoms with Gasteiger partial charge in [0.05, 0.1) is 24.7 Å². The van der Waals surface area contributed by atoms with Crippen molar-refractivity contribution in [2.75, 3.05) is 13.2 Å². The molecule has 0 bridgehead atoms. The zero-order valence-electron chi connectivity index (χ0n) is 12.2. The first-order chi connectivity index (χ1) is 10.8. The van der Waals surface area contributed by atoms with Gasteiger partial charge in [-0.3, -0.25) is 0 Å². The molecule has 0 aliphatic carbocycles. The smallest absolute Gasteiger partial charge is 0.177 e. The highest BCUT2D eigenvalue weighted by atomic mass is 16.7. The van der Waals surface area contributed by atoms with E-state index in [4.69, 9.17) is 14.7 Å². The van der Waals surface area contributed by atoms with E-state index in [1.807, 2.05) is 42.5 Å². The van der Waals surface area contributed by atoms with Gasteiger partial charge in [-0.2, -0.15) is 5.26 Å². The third kappa shape index (κ3) is 2.80. The van der Waals surface area contributed by atoms with Gasteiger partial charge in [-0.1, -0.05) is 60.7 Å². The Hall–Kier alpha value is -2.41. The van der Waals surface area contributed by atoms with Crippen molar-refractivity contribution in [3.63, 3.8) is 0 Å². The van der Waals surface area contributed by atoms with Crippen molar-refractivity contribution < 1.29 is 9.47 Å². The van der Waals surface area contributed by atoms with Gasteiger partial charge in [0.1, 0.15) is 0 Å². The van der Waals surface area contributed by atoms with Crippen LogP contribution in [0.3, 0.4) is 0 Å². The number of ether oxygens (including phenoxy) is 2. The topological polar surface area (TPSA) is 42.2 Å². The molecule has 22 heavy (non-hydrogen) atoms. The molecule has 0 spiro atoms. The molecule has 0 saturated carbocycles. The number of hydrogen-bond acceptors (Lipinski definition) is 3. The zero-order chi connectivity index (χ0) is 15.3. The maximum absolute atomic E-state index is 8.61. The van der Waals surface area contributed by atoms with Crippen molar-refractivity contribution in [1.29, 1.82) is 5.26 Å². The van der Waals surface area contributed by atoms with Gasteiger partial charge in [0.25, 0.3) is 0 Å². The predicted molar refractivity (Wildman–Crippen MR) is 84.1 cm³/mol. The van der Waals surface area contributed by atoms with Gasteiger partial charge in [0, 0.05) is 6.08 Å². The van der Waals surface area contributed by atoms with Crippen LogP contribution in [0.15, 0.2) is 72.8 Å². The van der Waals surface area contributed by atoms with Crippen molar-refractivity contribution in [2.24, 2.45) is 0 Å². The summed E-state index contributed by atoms with van der Waals surface area (Å²) in [6.07, 6.45) is 2.57. The first-order valence-corrected chi connectivity index (χ1v) is 7.26. The quantitative estimate of drug-likeness (QED) is 0.814. The molecule has 0 aromatic heterocycles. The summed E-state index contributed by atoms with van der Waals surface area (Å²) in [5.41, 5.74) is 2.02. The molecule has 2 aromatic carbocycles. The first-order valence-electron chi connectivity index (χ1n) is 7.26. The maximum Gasteiger partial charge on any atom is 0.177 e. The van der Waals surface area contributed by atoms with Crippen LogP contribution in [0.1, 0.15) is 11.1 Å². The minimum atomic E-state index is -0.458. The van der Waals surface area contributed by atoms with Crippen LogP contribution < -0.4 is 0 Å². The average Bonchev–Trinajstić information content (AvgIpc) is 2.62. The third-order valence-corrected chi connectivity index (χ3v) is 3.97. The van der Waals surface area contributed by atoms with Gasteiger partial charge in [-0.25, -0.2) is 0 Å². The molecule has 0 atom stereocenters. The number of benzene rings is 2. The van der Waals surface area contributed by atoms with E-state index >= 15 is 0 Å². The predicted octanol–water partition coefficient (Wildman–Crippen LogP) is 3.43. The minimum Gasteiger partial charge on any atom is -0.348 e. The van der Waals surface area contributed by atoms with Gasteiger partial charge in [0.2, 0.25) is 0 Å². The molecule has 1 aliphatic heterocycles. The molecule has 110 valence electrons. The van der Waals surface area contributed by atoms with E-state index in [1.165, 1.54) is 17.2 Å². The van der Waals surface area contributed by atoms with E-state index in [0.717, 1.165) is 0 Å². The summed E-state index contributed by atoms with van der Waals surface area (Å²) < 4.78 is 11.7. The van der Waals surface area contributed by atoms with E-state index in [0.29, 0.717) is 13.2 Å². The standard InChI is InChI=1S/C19H17NO2/c20-13-7-12-18-21-14-19(15-22-18,16-8-3-1-4-9-16)17-10-5-2-6-11-17/h1-12,18H,14-15H2/b12-7+. The van der Waals surface area contributed by atoms with Crippen LogP contribution in [0, 0.1) is 11.3 Å². The second-order valence-corrected chi connectivity index (χ2v) is 5.29. The monoisotopic (exact) mass is 291 g/mol. The Balaban J connectivity index is 1.94. The lowest BCUT2D eigenvalue weighted by Gasteiger charge is -2.40. The molecule has 0 unspecified atom stereocenters. The Morgan fingerprint density at radius 3 is 1.86 bits per heavy atom. The Morgan fingerprint density at radius 1 is 0.909 bits per heavy atom. The first kappa shape index (κ1) is 14.5. The van der Waals surface area contributed by atoms with Crippen LogP contribution >= 0.6 is 0 Å². The zero-order valence-corrected chi connectivity index (χ0v) is 12.2. The molecule has 1 aliphatic rings. The molecule has 0 radical (unpaired) electrons. The van der Waals surface area contributed by atoms with Crippen LogP contribution in [0.25, 0.3) is 0 Å². The summed E-state index contributed by atoms with van der Waals surface area (Å²) >= 11 is 0. The Morgan fingerprint density at radius 2 is 1.41 bits per heavy atom. The molecule has 1 saturated heterocycles. The molecule has 2 aromatic rings. The Kier molecular flexibility index (Phi) is 4.34. The summed E-state index contributed by atoms with van der Waals surface area (Å²) in [5, 5.41) is 8.61. The van der Waals surface area contributed by atoms with E-state index in [1.54, 1.807) is 6.08 Å². The fourth-order valence-corrected chi connectivity index (χ4v) is 2.79. The summed E-state index contributed by atoms with van der Waals surface area (Å²) in [4.78, 5) is 0. The molecule has 3 nitrogen and oxygen atoms in total. The average molecular weight is 291 g/mol. The molecule has 0 amide bonds. The summed E-state index contributed by atoms with van der Waals surface area (Å²) in [7, 11) is 0. The van der Waals surface area contributed by atoms with E-state index < -0.39 is 6.29 Å². The number of nitriles is 1. The highest BCUT2D eigenvalue weighted by Gasteiger charge is 2.39. The van der Waals surface area contributed by atoms with Crippen molar-refractivity contribution in [3.05, 3.63) is 83.9 Å². The number of hydrogen-bond donors (Lipinski definition) is 0. The second kappa shape index (κ2) is 6.57. The van der Waals surface area contributed by atoms with Gasteiger partial charge in [-0.15, -0.1) is 0 Å². The fraction of sp³-hybridized carbons (Fsp3) is 0.211. The lowest BCUT2D eigenvalue weighted by atomic mass is 9.75. The van der Waals surface area contributed by atoms with Gasteiger partial charge < -0.3 is 9.47 Å². The van der Waals surface area contributed by atoms with E-state index in [9.17, 15) is 0 Å². The highest BCUT2D eigenvalue weighted by molar-refractivity contribution is 5.40. The van der Waals surface area contributed by atoms with Crippen LogP contribution in [0.2, 0.25) is 0 Å². The summed E-state index contributed by atoms with van der Waals surface area (Å²) in [5.74, 6) is 0. The van der Waals surface area contributed by atoms with Crippen molar-refractivity contribution in [3.8, 4) is 6.07 Å². The lowest BCUT2D eigenvalue weighted by Crippen LogP contribution is -2.45. The van der Waals surface area contributed by atoms with E-state index in [-0.39, 0.29) is 5.41 Å². The Labute approximate surface area is 130 Å². The summed E-state index contributed by atoms with van der Waals surface area (Å²) in [6.45, 7) is 1.03. The number of nitrogens with zero attached hydrogens (tertiary/aromatic N) is 1. The van der Waals surface area contributed by atoms with Crippen LogP contribution in [0.4, 0.5) is 0 Å². The normalized spacial score (nSPS) is 18.1. The van der Waals surface area contributed by atoms with Gasteiger partial charge in [-0.05, 0) is 17.2 Å². The molecule has 1 fully saturated rings. The maximum atomic E-state index is 8.61. The number of rotatable bonds is 3. The molecule has 1 heterocycles. The second-order valence-electron chi connectivity index (χ2n) is 5.29. The van der Waals surface area contributed by atoms with Crippen molar-refractivity contribution in [2.45, 2.75) is 11.7 Å². The Bertz CT molecular complexity index is 624. The lowest BCUT2D eigenvalue weighted by molar-refractivity contribution is -0.176. The molecular formula is C19H17NO2. The van der Waals surface area contributed by atoms with Gasteiger partial charge >= 0.3 is 0 Å².